The lowest BCUT2D eigenvalue weighted by Gasteiger charge is -2.12. The van der Waals surface area contributed by atoms with E-state index in [1.807, 2.05) is 0 Å². The van der Waals surface area contributed by atoms with Crippen LogP contribution in [-0.2, 0) is 0 Å². The molecule has 0 aliphatic heterocycles. The van der Waals surface area contributed by atoms with Crippen LogP contribution < -0.4 is 0 Å². The van der Waals surface area contributed by atoms with Gasteiger partial charge in [-0.15, -0.1) is 0 Å². The first-order valence-electron chi connectivity index (χ1n) is 7.02. The van der Waals surface area contributed by atoms with Gasteiger partial charge in [-0.2, -0.15) is 0 Å². The zero-order valence-electron chi connectivity index (χ0n) is 10.6. The maximum atomic E-state index is 4.27. The predicted molar refractivity (Wildman–Crippen MR) is 69.1 cm³/mol. The number of hydrogen-bond acceptors (Lipinski definition) is 0. The largest absolute Gasteiger partial charge is 0.0996 e. The van der Waals surface area contributed by atoms with Crippen LogP contribution in [0.1, 0.15) is 77.6 Å². The summed E-state index contributed by atoms with van der Waals surface area (Å²) in [6, 6.07) is 0. The highest BCUT2D eigenvalue weighted by molar-refractivity contribution is 5.02. The van der Waals surface area contributed by atoms with E-state index in [1.165, 1.54) is 70.6 Å². The van der Waals surface area contributed by atoms with Crippen LogP contribution in [0.3, 0.4) is 0 Å². The second-order valence-corrected chi connectivity index (χ2v) is 5.16. The number of unbranched alkanes of at least 4 members (excludes halogenated alkanes) is 5. The van der Waals surface area contributed by atoms with Crippen LogP contribution >= 0.6 is 0 Å². The second-order valence-electron chi connectivity index (χ2n) is 5.16. The van der Waals surface area contributed by atoms with E-state index in [-0.39, 0.29) is 0 Å². The van der Waals surface area contributed by atoms with Crippen LogP contribution in [0.2, 0.25) is 0 Å². The maximum absolute atomic E-state index is 4.27. The van der Waals surface area contributed by atoms with E-state index < -0.39 is 0 Å². The first kappa shape index (κ1) is 12.8. The Bertz CT molecular complexity index is 163. The highest BCUT2D eigenvalue weighted by Crippen LogP contribution is 2.32. The molecule has 0 aromatic heterocycles. The molecule has 0 saturated heterocycles. The van der Waals surface area contributed by atoms with Gasteiger partial charge in [0, 0.05) is 0 Å². The van der Waals surface area contributed by atoms with Crippen LogP contribution in [0.15, 0.2) is 12.2 Å². The van der Waals surface area contributed by atoms with E-state index in [4.69, 9.17) is 0 Å². The highest BCUT2D eigenvalue weighted by Gasteiger charge is 2.16. The highest BCUT2D eigenvalue weighted by atomic mass is 14.2. The Morgan fingerprint density at radius 2 is 1.60 bits per heavy atom. The Morgan fingerprint density at radius 3 is 2.27 bits per heavy atom. The van der Waals surface area contributed by atoms with Crippen molar-refractivity contribution >= 4 is 0 Å². The summed E-state index contributed by atoms with van der Waals surface area (Å²) in [5, 5.41) is 0. The molecular weight excluding hydrogens is 180 g/mol. The van der Waals surface area contributed by atoms with E-state index in [2.05, 4.69) is 13.5 Å². The van der Waals surface area contributed by atoms with E-state index in [1.54, 1.807) is 5.57 Å². The molecule has 0 unspecified atom stereocenters. The van der Waals surface area contributed by atoms with Crippen molar-refractivity contribution in [2.24, 2.45) is 5.92 Å². The van der Waals surface area contributed by atoms with Gasteiger partial charge < -0.3 is 0 Å². The van der Waals surface area contributed by atoms with Gasteiger partial charge in [0.05, 0.1) is 0 Å². The first-order chi connectivity index (χ1) is 7.34. The Balaban J connectivity index is 1.92. The van der Waals surface area contributed by atoms with Crippen molar-refractivity contribution in [3.05, 3.63) is 12.2 Å². The van der Waals surface area contributed by atoms with Crippen LogP contribution in [0.25, 0.3) is 0 Å². The molecule has 15 heavy (non-hydrogen) atoms. The molecule has 0 spiro atoms. The third-order valence-electron chi connectivity index (χ3n) is 3.78. The van der Waals surface area contributed by atoms with Gasteiger partial charge in [0.2, 0.25) is 0 Å². The number of hydrogen-bond donors (Lipinski definition) is 0. The standard InChI is InChI=1S/C15H28/c1-3-4-5-6-7-8-11-14(2)15-12-9-10-13-15/h15H,2-13H2,1H3. The topological polar surface area (TPSA) is 0 Å². The molecule has 88 valence electrons. The van der Waals surface area contributed by atoms with Gasteiger partial charge in [-0.05, 0) is 31.6 Å². The Labute approximate surface area is 96.2 Å². The maximum Gasteiger partial charge on any atom is -0.0206 e. The van der Waals surface area contributed by atoms with Crippen molar-refractivity contribution in [1.82, 2.24) is 0 Å². The summed E-state index contributed by atoms with van der Waals surface area (Å²) in [7, 11) is 0. The Kier molecular flexibility index (Phi) is 6.80. The van der Waals surface area contributed by atoms with Crippen molar-refractivity contribution in [3.63, 3.8) is 0 Å². The van der Waals surface area contributed by atoms with Gasteiger partial charge in [0.25, 0.3) is 0 Å². The fourth-order valence-electron chi connectivity index (χ4n) is 2.67. The second kappa shape index (κ2) is 7.96. The van der Waals surface area contributed by atoms with Crippen LogP contribution in [0, 0.1) is 5.92 Å². The summed E-state index contributed by atoms with van der Waals surface area (Å²) < 4.78 is 0. The zero-order valence-corrected chi connectivity index (χ0v) is 10.6. The average molecular weight is 208 g/mol. The molecule has 0 N–H and O–H groups in total. The minimum atomic E-state index is 0.889. The Morgan fingerprint density at radius 1 is 1.00 bits per heavy atom. The van der Waals surface area contributed by atoms with Crippen LogP contribution in [0.5, 0.6) is 0 Å². The van der Waals surface area contributed by atoms with Gasteiger partial charge >= 0.3 is 0 Å². The summed E-state index contributed by atoms with van der Waals surface area (Å²) in [5.41, 5.74) is 1.56. The van der Waals surface area contributed by atoms with Crippen molar-refractivity contribution < 1.29 is 0 Å². The van der Waals surface area contributed by atoms with E-state index >= 15 is 0 Å². The summed E-state index contributed by atoms with van der Waals surface area (Å²) in [5.74, 6) is 0.889. The van der Waals surface area contributed by atoms with Crippen molar-refractivity contribution in [2.45, 2.75) is 77.6 Å². The summed E-state index contributed by atoms with van der Waals surface area (Å²) in [6.07, 6.45) is 15.5. The molecule has 0 bridgehead atoms. The van der Waals surface area contributed by atoms with Gasteiger partial charge in [0.15, 0.2) is 0 Å². The molecule has 1 saturated carbocycles. The summed E-state index contributed by atoms with van der Waals surface area (Å²) in [4.78, 5) is 0. The molecule has 0 heteroatoms. The third kappa shape index (κ3) is 5.39. The van der Waals surface area contributed by atoms with Crippen molar-refractivity contribution in [2.75, 3.05) is 0 Å². The van der Waals surface area contributed by atoms with Crippen LogP contribution in [0.4, 0.5) is 0 Å². The normalized spacial score (nSPS) is 17.1. The monoisotopic (exact) mass is 208 g/mol. The molecular formula is C15H28. The fourth-order valence-corrected chi connectivity index (χ4v) is 2.67. The molecule has 0 radical (unpaired) electrons. The number of allylic oxidation sites excluding steroid dienone is 1. The fraction of sp³-hybridized carbons (Fsp3) is 0.867. The summed E-state index contributed by atoms with van der Waals surface area (Å²) in [6.45, 7) is 6.55. The molecule has 1 aliphatic rings. The van der Waals surface area contributed by atoms with E-state index in [9.17, 15) is 0 Å². The summed E-state index contributed by atoms with van der Waals surface area (Å²) >= 11 is 0. The Hall–Kier alpha value is -0.260. The smallest absolute Gasteiger partial charge is 0.0206 e. The molecule has 0 heterocycles. The molecule has 0 aromatic carbocycles. The molecule has 0 nitrogen and oxygen atoms in total. The molecule has 1 rings (SSSR count). The predicted octanol–water partition coefficient (Wildman–Crippen LogP) is 5.48. The minimum absolute atomic E-state index is 0.889. The van der Waals surface area contributed by atoms with Crippen LogP contribution in [-0.4, -0.2) is 0 Å². The van der Waals surface area contributed by atoms with Crippen molar-refractivity contribution in [3.8, 4) is 0 Å². The zero-order chi connectivity index (χ0) is 10.9. The van der Waals surface area contributed by atoms with Gasteiger partial charge in [-0.3, -0.25) is 0 Å². The number of rotatable bonds is 8. The van der Waals surface area contributed by atoms with Gasteiger partial charge in [-0.25, -0.2) is 0 Å². The lowest BCUT2D eigenvalue weighted by atomic mass is 9.94. The average Bonchev–Trinajstić information content (AvgIpc) is 2.76. The lowest BCUT2D eigenvalue weighted by molar-refractivity contribution is 0.565. The first-order valence-corrected chi connectivity index (χ1v) is 7.02. The minimum Gasteiger partial charge on any atom is -0.0996 e. The molecule has 0 amide bonds. The molecule has 1 aliphatic carbocycles. The quantitative estimate of drug-likeness (QED) is 0.366. The SMILES string of the molecule is C=C(CCCCCCCC)C1CCCC1. The van der Waals surface area contributed by atoms with Gasteiger partial charge in [0.1, 0.15) is 0 Å². The van der Waals surface area contributed by atoms with E-state index in [0.717, 1.165) is 5.92 Å². The molecule has 0 atom stereocenters. The third-order valence-corrected chi connectivity index (χ3v) is 3.78. The van der Waals surface area contributed by atoms with E-state index in [0.29, 0.717) is 0 Å². The lowest BCUT2D eigenvalue weighted by Crippen LogP contribution is -1.97. The van der Waals surface area contributed by atoms with Gasteiger partial charge in [-0.1, -0.05) is 64.0 Å². The van der Waals surface area contributed by atoms with Crippen molar-refractivity contribution in [1.29, 1.82) is 0 Å². The molecule has 0 aromatic rings. The molecule has 1 fully saturated rings.